The normalized spacial score (nSPS) is 16.7. The summed E-state index contributed by atoms with van der Waals surface area (Å²) in [6.07, 6.45) is 1.06. The number of piperazine rings is 1. The molecule has 0 bridgehead atoms. The van der Waals surface area contributed by atoms with Gasteiger partial charge in [0.25, 0.3) is 0 Å². The molecule has 1 heterocycles. The second-order valence-corrected chi connectivity index (χ2v) is 6.26. The molecule has 1 N–H and O–H groups in total. The van der Waals surface area contributed by atoms with Crippen LogP contribution in [0.3, 0.4) is 0 Å². The SMILES string of the molecule is C=C(C)C[C@H](c1ccc(I)cc1)N1CCNCC1.Cl.Cl. The van der Waals surface area contributed by atoms with E-state index in [0.717, 1.165) is 32.6 Å². The molecule has 0 spiro atoms. The maximum Gasteiger partial charge on any atom is 0.0386 e. The molecule has 1 aromatic carbocycles. The molecule has 0 radical (unpaired) electrons. The predicted octanol–water partition coefficient (Wildman–Crippen LogP) is 4.05. The van der Waals surface area contributed by atoms with Crippen LogP contribution in [0.1, 0.15) is 24.9 Å². The smallest absolute Gasteiger partial charge is 0.0386 e. The number of halogens is 3. The highest BCUT2D eigenvalue weighted by Gasteiger charge is 2.21. The summed E-state index contributed by atoms with van der Waals surface area (Å²) in [7, 11) is 0. The third kappa shape index (κ3) is 5.90. The maximum atomic E-state index is 4.09. The van der Waals surface area contributed by atoms with Crippen LogP contribution in [0.4, 0.5) is 0 Å². The van der Waals surface area contributed by atoms with E-state index in [1.807, 2.05) is 0 Å². The zero-order valence-corrected chi connectivity index (χ0v) is 15.6. The minimum Gasteiger partial charge on any atom is -0.314 e. The van der Waals surface area contributed by atoms with Crippen LogP contribution in [0, 0.1) is 3.57 Å². The summed E-state index contributed by atoms with van der Waals surface area (Å²) in [5, 5.41) is 3.42. The zero-order valence-electron chi connectivity index (χ0n) is 11.8. The fourth-order valence-electron chi connectivity index (χ4n) is 2.47. The van der Waals surface area contributed by atoms with Crippen molar-refractivity contribution in [3.05, 3.63) is 45.6 Å². The summed E-state index contributed by atoms with van der Waals surface area (Å²) in [5.41, 5.74) is 2.68. The van der Waals surface area contributed by atoms with Crippen LogP contribution < -0.4 is 5.32 Å². The van der Waals surface area contributed by atoms with Crippen molar-refractivity contribution in [3.8, 4) is 0 Å². The molecule has 1 fully saturated rings. The molecule has 20 heavy (non-hydrogen) atoms. The lowest BCUT2D eigenvalue weighted by atomic mass is 9.98. The second-order valence-electron chi connectivity index (χ2n) is 5.01. The van der Waals surface area contributed by atoms with E-state index in [1.165, 1.54) is 14.7 Å². The monoisotopic (exact) mass is 428 g/mol. The van der Waals surface area contributed by atoms with Crippen molar-refractivity contribution in [2.24, 2.45) is 0 Å². The molecule has 114 valence electrons. The first-order valence-corrected chi connectivity index (χ1v) is 7.59. The summed E-state index contributed by atoms with van der Waals surface area (Å²) >= 11 is 2.36. The molecular formula is C15H23Cl2IN2. The fourth-order valence-corrected chi connectivity index (χ4v) is 2.83. The lowest BCUT2D eigenvalue weighted by Gasteiger charge is -2.35. The van der Waals surface area contributed by atoms with E-state index in [0.29, 0.717) is 6.04 Å². The van der Waals surface area contributed by atoms with Gasteiger partial charge in [-0.2, -0.15) is 0 Å². The Bertz CT molecular complexity index is 403. The molecule has 1 aliphatic rings. The van der Waals surface area contributed by atoms with Gasteiger partial charge in [0.05, 0.1) is 0 Å². The van der Waals surface area contributed by atoms with E-state index >= 15 is 0 Å². The number of nitrogens with zero attached hydrogens (tertiary/aromatic N) is 1. The highest BCUT2D eigenvalue weighted by molar-refractivity contribution is 14.1. The zero-order chi connectivity index (χ0) is 13.0. The van der Waals surface area contributed by atoms with Gasteiger partial charge >= 0.3 is 0 Å². The van der Waals surface area contributed by atoms with Crippen LogP contribution in [0.25, 0.3) is 0 Å². The summed E-state index contributed by atoms with van der Waals surface area (Å²) in [6.45, 7) is 10.7. The Labute approximate surface area is 148 Å². The molecule has 1 aliphatic heterocycles. The van der Waals surface area contributed by atoms with E-state index in [9.17, 15) is 0 Å². The number of hydrogen-bond acceptors (Lipinski definition) is 2. The Hall–Kier alpha value is 0.190. The van der Waals surface area contributed by atoms with Crippen LogP contribution in [0.2, 0.25) is 0 Å². The van der Waals surface area contributed by atoms with Gasteiger partial charge in [0.2, 0.25) is 0 Å². The Morgan fingerprint density at radius 3 is 2.30 bits per heavy atom. The van der Waals surface area contributed by atoms with Gasteiger partial charge in [-0.15, -0.1) is 31.4 Å². The van der Waals surface area contributed by atoms with Crippen molar-refractivity contribution in [2.45, 2.75) is 19.4 Å². The topological polar surface area (TPSA) is 15.3 Å². The molecule has 0 unspecified atom stereocenters. The highest BCUT2D eigenvalue weighted by Crippen LogP contribution is 2.27. The largest absolute Gasteiger partial charge is 0.314 e. The second kappa shape index (κ2) is 10.0. The third-order valence-corrected chi connectivity index (χ3v) is 4.11. The molecule has 1 saturated heterocycles. The molecule has 2 rings (SSSR count). The van der Waals surface area contributed by atoms with E-state index in [-0.39, 0.29) is 24.8 Å². The lowest BCUT2D eigenvalue weighted by Crippen LogP contribution is -2.45. The molecule has 0 aromatic heterocycles. The lowest BCUT2D eigenvalue weighted by molar-refractivity contribution is 0.172. The molecule has 2 nitrogen and oxygen atoms in total. The summed E-state index contributed by atoms with van der Waals surface area (Å²) in [4.78, 5) is 2.58. The average molecular weight is 429 g/mol. The van der Waals surface area contributed by atoms with Gasteiger partial charge in [-0.25, -0.2) is 0 Å². The molecule has 1 atom stereocenters. The van der Waals surface area contributed by atoms with E-state index < -0.39 is 0 Å². The Balaban J connectivity index is 0.00000180. The minimum absolute atomic E-state index is 0. The van der Waals surface area contributed by atoms with Crippen LogP contribution in [0.5, 0.6) is 0 Å². The van der Waals surface area contributed by atoms with Gasteiger partial charge in [-0.1, -0.05) is 17.7 Å². The summed E-state index contributed by atoms with van der Waals surface area (Å²) in [6, 6.07) is 9.41. The van der Waals surface area contributed by atoms with Crippen molar-refractivity contribution in [2.75, 3.05) is 26.2 Å². The molecule has 0 saturated carbocycles. The van der Waals surface area contributed by atoms with Crippen LogP contribution in [-0.2, 0) is 0 Å². The van der Waals surface area contributed by atoms with Crippen molar-refractivity contribution in [1.29, 1.82) is 0 Å². The Morgan fingerprint density at radius 2 is 1.80 bits per heavy atom. The fraction of sp³-hybridized carbons (Fsp3) is 0.467. The van der Waals surface area contributed by atoms with Crippen molar-refractivity contribution >= 4 is 47.4 Å². The molecule has 0 aliphatic carbocycles. The van der Waals surface area contributed by atoms with Crippen molar-refractivity contribution < 1.29 is 0 Å². The first kappa shape index (κ1) is 20.2. The van der Waals surface area contributed by atoms with Crippen LogP contribution >= 0.6 is 47.4 Å². The van der Waals surface area contributed by atoms with Gasteiger partial charge in [-0.05, 0) is 53.6 Å². The van der Waals surface area contributed by atoms with Gasteiger partial charge in [0, 0.05) is 35.8 Å². The van der Waals surface area contributed by atoms with Crippen LogP contribution in [-0.4, -0.2) is 31.1 Å². The standard InChI is InChI=1S/C15H21IN2.2ClH/c1-12(2)11-15(18-9-7-17-8-10-18)13-3-5-14(16)6-4-13;;/h3-6,15,17H,1,7-11H2,2H3;2*1H/t15-;;/m1../s1. The molecular weight excluding hydrogens is 406 g/mol. The number of rotatable bonds is 4. The first-order valence-electron chi connectivity index (χ1n) is 6.51. The van der Waals surface area contributed by atoms with Crippen LogP contribution in [0.15, 0.2) is 36.4 Å². The van der Waals surface area contributed by atoms with Gasteiger partial charge in [0.1, 0.15) is 0 Å². The highest BCUT2D eigenvalue weighted by atomic mass is 127. The third-order valence-electron chi connectivity index (χ3n) is 3.39. The Morgan fingerprint density at radius 1 is 1.25 bits per heavy atom. The first-order chi connectivity index (χ1) is 8.66. The average Bonchev–Trinajstić information content (AvgIpc) is 2.38. The quantitative estimate of drug-likeness (QED) is 0.574. The van der Waals surface area contributed by atoms with Crippen molar-refractivity contribution in [3.63, 3.8) is 0 Å². The minimum atomic E-state index is 0. The number of benzene rings is 1. The van der Waals surface area contributed by atoms with Gasteiger partial charge < -0.3 is 5.32 Å². The molecule has 1 aromatic rings. The van der Waals surface area contributed by atoms with Gasteiger partial charge in [0.15, 0.2) is 0 Å². The number of hydrogen-bond donors (Lipinski definition) is 1. The Kier molecular flexibility index (Phi) is 10.1. The molecule has 0 amide bonds. The van der Waals surface area contributed by atoms with Gasteiger partial charge in [-0.3, -0.25) is 4.90 Å². The number of nitrogens with one attached hydrogen (secondary N) is 1. The van der Waals surface area contributed by atoms with E-state index in [4.69, 9.17) is 0 Å². The molecule has 5 heteroatoms. The summed E-state index contributed by atoms with van der Waals surface area (Å²) in [5.74, 6) is 0. The van der Waals surface area contributed by atoms with E-state index in [2.05, 4.69) is 70.6 Å². The maximum absolute atomic E-state index is 4.09. The predicted molar refractivity (Wildman–Crippen MR) is 100 cm³/mol. The summed E-state index contributed by atoms with van der Waals surface area (Å²) < 4.78 is 1.30. The van der Waals surface area contributed by atoms with E-state index in [1.54, 1.807) is 0 Å². The van der Waals surface area contributed by atoms with Crippen molar-refractivity contribution in [1.82, 2.24) is 10.2 Å².